The number of rotatable bonds is 3. The molecule has 3 nitrogen and oxygen atoms in total. The maximum absolute atomic E-state index is 6.08. The summed E-state index contributed by atoms with van der Waals surface area (Å²) >= 11 is 0. The van der Waals surface area contributed by atoms with E-state index in [0.717, 1.165) is 50.4 Å². The van der Waals surface area contributed by atoms with Crippen molar-refractivity contribution in [1.82, 2.24) is 0 Å². The van der Waals surface area contributed by atoms with Gasteiger partial charge in [0, 0.05) is 17.1 Å². The minimum atomic E-state index is 0.730. The van der Waals surface area contributed by atoms with Gasteiger partial charge in [-0.2, -0.15) is 0 Å². The predicted molar refractivity (Wildman–Crippen MR) is 116 cm³/mol. The van der Waals surface area contributed by atoms with Crippen LogP contribution >= 0.6 is 0 Å². The predicted octanol–water partition coefficient (Wildman–Crippen LogP) is 5.43. The Morgan fingerprint density at radius 3 is 1.22 bits per heavy atom. The molecule has 0 saturated carbocycles. The molecule has 0 aliphatic rings. The van der Waals surface area contributed by atoms with Gasteiger partial charge in [-0.1, -0.05) is 54.6 Å². The van der Waals surface area contributed by atoms with Crippen molar-refractivity contribution in [3.8, 4) is 33.4 Å². The molecule has 27 heavy (non-hydrogen) atoms. The number of hydrogen-bond acceptors (Lipinski definition) is 3. The fourth-order valence-corrected chi connectivity index (χ4v) is 3.45. The van der Waals surface area contributed by atoms with E-state index in [2.05, 4.69) is 36.4 Å². The van der Waals surface area contributed by atoms with Crippen LogP contribution in [0, 0.1) is 0 Å². The molecule has 0 heterocycles. The highest BCUT2D eigenvalue weighted by molar-refractivity contribution is 5.95. The third kappa shape index (κ3) is 3.35. The van der Waals surface area contributed by atoms with Crippen LogP contribution in [0.25, 0.3) is 33.4 Å². The van der Waals surface area contributed by atoms with E-state index >= 15 is 0 Å². The van der Waals surface area contributed by atoms with Crippen LogP contribution in [0.2, 0.25) is 0 Å². The summed E-state index contributed by atoms with van der Waals surface area (Å²) in [5, 5.41) is 0. The molecule has 4 aromatic carbocycles. The van der Waals surface area contributed by atoms with Crippen molar-refractivity contribution in [1.29, 1.82) is 0 Å². The van der Waals surface area contributed by atoms with E-state index in [1.54, 1.807) is 0 Å². The number of nitrogens with two attached hydrogens (primary N) is 3. The van der Waals surface area contributed by atoms with Crippen LogP contribution in [-0.2, 0) is 0 Å². The van der Waals surface area contributed by atoms with E-state index in [4.69, 9.17) is 17.2 Å². The maximum Gasteiger partial charge on any atom is 0.0320 e. The second-order valence-electron chi connectivity index (χ2n) is 6.60. The van der Waals surface area contributed by atoms with Crippen LogP contribution in [0.5, 0.6) is 0 Å². The van der Waals surface area contributed by atoms with Crippen LogP contribution in [0.1, 0.15) is 0 Å². The molecule has 6 N–H and O–H groups in total. The van der Waals surface area contributed by atoms with Crippen LogP contribution in [0.15, 0.2) is 91.0 Å². The molecular formula is C24H21N3. The lowest BCUT2D eigenvalue weighted by Gasteiger charge is -2.17. The molecule has 0 amide bonds. The normalized spacial score (nSPS) is 10.7. The minimum absolute atomic E-state index is 0.730. The third-order valence-corrected chi connectivity index (χ3v) is 4.64. The van der Waals surface area contributed by atoms with Crippen LogP contribution in [0.3, 0.4) is 0 Å². The summed E-state index contributed by atoms with van der Waals surface area (Å²) in [5.41, 5.74) is 26.9. The minimum Gasteiger partial charge on any atom is -0.399 e. The molecule has 4 rings (SSSR count). The second-order valence-corrected chi connectivity index (χ2v) is 6.60. The summed E-state index contributed by atoms with van der Waals surface area (Å²) in [6, 6.07) is 30.1. The van der Waals surface area contributed by atoms with Gasteiger partial charge in [-0.05, 0) is 69.8 Å². The Morgan fingerprint density at radius 1 is 0.407 bits per heavy atom. The maximum atomic E-state index is 6.08. The molecule has 0 saturated heterocycles. The number of hydrogen-bond donors (Lipinski definition) is 3. The molecule has 132 valence electrons. The molecule has 0 bridgehead atoms. The molecule has 4 aromatic rings. The van der Waals surface area contributed by atoms with Gasteiger partial charge in [0.05, 0.1) is 0 Å². The fourth-order valence-electron chi connectivity index (χ4n) is 3.45. The SMILES string of the molecule is Nc1cccc(-c2cccc(-c3cccc(N)c3)c2-c2cccc(N)c2)c1. The van der Waals surface area contributed by atoms with E-state index in [0.29, 0.717) is 0 Å². The highest BCUT2D eigenvalue weighted by atomic mass is 14.5. The van der Waals surface area contributed by atoms with Crippen molar-refractivity contribution in [2.75, 3.05) is 17.2 Å². The Balaban J connectivity index is 2.04. The quantitative estimate of drug-likeness (QED) is 0.430. The topological polar surface area (TPSA) is 78.1 Å². The van der Waals surface area contributed by atoms with Gasteiger partial charge in [0.25, 0.3) is 0 Å². The smallest absolute Gasteiger partial charge is 0.0320 e. The summed E-state index contributed by atoms with van der Waals surface area (Å²) in [7, 11) is 0. The molecule has 0 radical (unpaired) electrons. The van der Waals surface area contributed by atoms with Crippen LogP contribution < -0.4 is 17.2 Å². The fraction of sp³-hybridized carbons (Fsp3) is 0. The van der Waals surface area contributed by atoms with E-state index in [9.17, 15) is 0 Å². The van der Waals surface area contributed by atoms with E-state index < -0.39 is 0 Å². The van der Waals surface area contributed by atoms with Crippen molar-refractivity contribution in [2.24, 2.45) is 0 Å². The zero-order valence-electron chi connectivity index (χ0n) is 14.9. The lowest BCUT2D eigenvalue weighted by atomic mass is 9.87. The monoisotopic (exact) mass is 351 g/mol. The largest absolute Gasteiger partial charge is 0.399 e. The van der Waals surface area contributed by atoms with Crippen molar-refractivity contribution in [2.45, 2.75) is 0 Å². The zero-order valence-corrected chi connectivity index (χ0v) is 14.9. The summed E-state index contributed by atoms with van der Waals surface area (Å²) in [5.74, 6) is 0. The van der Waals surface area contributed by atoms with Gasteiger partial charge < -0.3 is 17.2 Å². The first-order chi connectivity index (χ1) is 13.1. The number of anilines is 3. The summed E-state index contributed by atoms with van der Waals surface area (Å²) in [4.78, 5) is 0. The van der Waals surface area contributed by atoms with Gasteiger partial charge in [-0.3, -0.25) is 0 Å². The molecule has 0 unspecified atom stereocenters. The van der Waals surface area contributed by atoms with E-state index in [1.807, 2.05) is 54.6 Å². The van der Waals surface area contributed by atoms with Gasteiger partial charge in [0.2, 0.25) is 0 Å². The first kappa shape index (κ1) is 16.7. The Morgan fingerprint density at radius 2 is 0.778 bits per heavy atom. The zero-order chi connectivity index (χ0) is 18.8. The lowest BCUT2D eigenvalue weighted by molar-refractivity contribution is 1.55. The van der Waals surface area contributed by atoms with Crippen molar-refractivity contribution in [3.05, 3.63) is 91.0 Å². The van der Waals surface area contributed by atoms with Crippen LogP contribution in [0.4, 0.5) is 17.1 Å². The average Bonchev–Trinajstić information content (AvgIpc) is 2.67. The summed E-state index contributed by atoms with van der Waals surface area (Å²) in [6.07, 6.45) is 0. The average molecular weight is 351 g/mol. The molecule has 3 heteroatoms. The Hall–Kier alpha value is -3.72. The van der Waals surface area contributed by atoms with Gasteiger partial charge >= 0.3 is 0 Å². The highest BCUT2D eigenvalue weighted by Gasteiger charge is 2.14. The van der Waals surface area contributed by atoms with Gasteiger partial charge in [0.15, 0.2) is 0 Å². The molecule has 0 fully saturated rings. The Bertz CT molecular complexity index is 1050. The molecule has 0 aromatic heterocycles. The molecule has 0 aliphatic carbocycles. The first-order valence-corrected chi connectivity index (χ1v) is 8.82. The summed E-state index contributed by atoms with van der Waals surface area (Å²) in [6.45, 7) is 0. The standard InChI is InChI=1S/C24H21N3/c25-19-8-1-5-16(13-19)22-11-4-12-23(17-6-2-9-20(26)14-17)24(22)18-7-3-10-21(27)15-18/h1-15H,25-27H2. The van der Waals surface area contributed by atoms with Gasteiger partial charge in [-0.15, -0.1) is 0 Å². The Kier molecular flexibility index (Phi) is 4.27. The van der Waals surface area contributed by atoms with Crippen LogP contribution in [-0.4, -0.2) is 0 Å². The van der Waals surface area contributed by atoms with Crippen molar-refractivity contribution < 1.29 is 0 Å². The van der Waals surface area contributed by atoms with Gasteiger partial charge in [0.1, 0.15) is 0 Å². The van der Waals surface area contributed by atoms with Crippen molar-refractivity contribution in [3.63, 3.8) is 0 Å². The molecule has 0 atom stereocenters. The van der Waals surface area contributed by atoms with Crippen molar-refractivity contribution >= 4 is 17.1 Å². The lowest BCUT2D eigenvalue weighted by Crippen LogP contribution is -1.93. The highest BCUT2D eigenvalue weighted by Crippen LogP contribution is 2.41. The number of benzene rings is 4. The second kappa shape index (κ2) is 6.89. The molecular weight excluding hydrogens is 330 g/mol. The molecule has 0 aliphatic heterocycles. The molecule has 0 spiro atoms. The number of nitrogen functional groups attached to an aromatic ring is 3. The third-order valence-electron chi connectivity index (χ3n) is 4.64. The summed E-state index contributed by atoms with van der Waals surface area (Å²) < 4.78 is 0. The Labute approximate surface area is 159 Å². The van der Waals surface area contributed by atoms with E-state index in [-0.39, 0.29) is 0 Å². The van der Waals surface area contributed by atoms with E-state index in [1.165, 1.54) is 0 Å². The first-order valence-electron chi connectivity index (χ1n) is 8.82. The van der Waals surface area contributed by atoms with Gasteiger partial charge in [-0.25, -0.2) is 0 Å².